The van der Waals surface area contributed by atoms with E-state index >= 15 is 0 Å². The molecule has 0 unspecified atom stereocenters. The molecule has 0 spiro atoms. The number of nitrogens with zero attached hydrogens (tertiary/aromatic N) is 3. The van der Waals surface area contributed by atoms with Crippen LogP contribution in [-0.4, -0.2) is 27.3 Å². The molecule has 30 heavy (non-hydrogen) atoms. The number of ether oxygens (including phenoxy) is 1. The number of amides is 1. The predicted molar refractivity (Wildman–Crippen MR) is 120 cm³/mol. The number of carbonyl (C=O) groups is 1. The van der Waals surface area contributed by atoms with Crippen molar-refractivity contribution in [3.63, 3.8) is 0 Å². The molecular formula is C23H22N4O2S. The topological polar surface area (TPSA) is 69.0 Å². The van der Waals surface area contributed by atoms with Gasteiger partial charge < -0.3 is 10.1 Å². The van der Waals surface area contributed by atoms with Gasteiger partial charge >= 0.3 is 0 Å². The number of aromatic nitrogens is 3. The van der Waals surface area contributed by atoms with Crippen molar-refractivity contribution in [2.75, 3.05) is 11.9 Å². The van der Waals surface area contributed by atoms with Gasteiger partial charge in [0.2, 0.25) is 5.13 Å². The van der Waals surface area contributed by atoms with Gasteiger partial charge in [0.25, 0.3) is 5.91 Å². The van der Waals surface area contributed by atoms with Crippen LogP contribution in [0.3, 0.4) is 0 Å². The van der Waals surface area contributed by atoms with Crippen LogP contribution in [0.1, 0.15) is 28.5 Å². The lowest BCUT2D eigenvalue weighted by Crippen LogP contribution is -2.15. The van der Waals surface area contributed by atoms with Crippen molar-refractivity contribution in [3.05, 3.63) is 76.8 Å². The first kappa shape index (κ1) is 19.8. The third-order valence-corrected chi connectivity index (χ3v) is 5.34. The zero-order valence-electron chi connectivity index (χ0n) is 17.0. The van der Waals surface area contributed by atoms with Crippen molar-refractivity contribution < 1.29 is 9.53 Å². The normalized spacial score (nSPS) is 10.8. The molecule has 152 valence electrons. The molecule has 1 amide bonds. The molecule has 7 heteroatoms. The summed E-state index contributed by atoms with van der Waals surface area (Å²) in [5.41, 5.74) is 4.35. The van der Waals surface area contributed by atoms with E-state index in [-0.39, 0.29) is 5.91 Å². The summed E-state index contributed by atoms with van der Waals surface area (Å²) in [6.07, 6.45) is 0. The summed E-state index contributed by atoms with van der Waals surface area (Å²) in [6, 6.07) is 17.1. The van der Waals surface area contributed by atoms with Gasteiger partial charge in [-0.25, -0.2) is 4.98 Å². The maximum Gasteiger partial charge on any atom is 0.256 e. The van der Waals surface area contributed by atoms with Crippen LogP contribution in [0.2, 0.25) is 0 Å². The van der Waals surface area contributed by atoms with Crippen molar-refractivity contribution in [1.82, 2.24) is 14.8 Å². The highest BCUT2D eigenvalue weighted by atomic mass is 32.1. The summed E-state index contributed by atoms with van der Waals surface area (Å²) in [6.45, 7) is 6.47. The van der Waals surface area contributed by atoms with E-state index in [1.165, 1.54) is 11.3 Å². The maximum atomic E-state index is 12.6. The fraction of sp³-hybridized carbons (Fsp3) is 0.174. The summed E-state index contributed by atoms with van der Waals surface area (Å²) in [5.74, 6) is 1.24. The molecule has 0 saturated carbocycles. The largest absolute Gasteiger partial charge is 0.494 e. The highest BCUT2D eigenvalue weighted by Crippen LogP contribution is 2.28. The molecule has 2 heterocycles. The first-order valence-corrected chi connectivity index (χ1v) is 10.6. The fourth-order valence-electron chi connectivity index (χ4n) is 3.01. The van der Waals surface area contributed by atoms with Crippen LogP contribution in [0.25, 0.3) is 16.4 Å². The Bertz CT molecular complexity index is 1160. The minimum atomic E-state index is -0.181. The monoisotopic (exact) mass is 418 g/mol. The molecule has 4 rings (SSSR count). The Hall–Kier alpha value is -3.45. The van der Waals surface area contributed by atoms with Gasteiger partial charge in [-0.3, -0.25) is 4.79 Å². The van der Waals surface area contributed by atoms with E-state index in [2.05, 4.69) is 10.4 Å². The lowest BCUT2D eigenvalue weighted by Gasteiger charge is -2.07. The Morgan fingerprint density at radius 3 is 2.53 bits per heavy atom. The van der Waals surface area contributed by atoms with Crippen LogP contribution in [0.5, 0.6) is 5.75 Å². The fourth-order valence-corrected chi connectivity index (χ4v) is 3.81. The molecule has 4 aromatic rings. The van der Waals surface area contributed by atoms with E-state index < -0.39 is 0 Å². The molecule has 0 saturated heterocycles. The van der Waals surface area contributed by atoms with Gasteiger partial charge in [0.05, 0.1) is 18.0 Å². The molecule has 0 aliphatic heterocycles. The maximum absolute atomic E-state index is 12.6. The van der Waals surface area contributed by atoms with E-state index in [9.17, 15) is 4.79 Å². The summed E-state index contributed by atoms with van der Waals surface area (Å²) < 4.78 is 7.17. The highest BCUT2D eigenvalue weighted by molar-refractivity contribution is 7.12. The molecule has 0 aliphatic rings. The Balaban J connectivity index is 1.58. The molecule has 6 nitrogen and oxygen atoms in total. The second-order valence-corrected chi connectivity index (χ2v) is 7.71. The average Bonchev–Trinajstić information content (AvgIpc) is 3.36. The molecule has 1 N–H and O–H groups in total. The first-order valence-electron chi connectivity index (χ1n) is 9.67. The highest BCUT2D eigenvalue weighted by Gasteiger charge is 2.15. The van der Waals surface area contributed by atoms with E-state index in [0.29, 0.717) is 23.1 Å². The average molecular weight is 419 g/mol. The van der Waals surface area contributed by atoms with Crippen molar-refractivity contribution in [2.45, 2.75) is 20.8 Å². The third-order valence-electron chi connectivity index (χ3n) is 4.52. The molecule has 0 atom stereocenters. The van der Waals surface area contributed by atoms with E-state index in [4.69, 9.17) is 9.72 Å². The Labute approximate surface area is 179 Å². The van der Waals surface area contributed by atoms with E-state index in [1.54, 1.807) is 4.68 Å². The van der Waals surface area contributed by atoms with Crippen LogP contribution < -0.4 is 10.1 Å². The molecule has 2 aromatic carbocycles. The van der Waals surface area contributed by atoms with Gasteiger partial charge in [0, 0.05) is 22.6 Å². The molecule has 0 fully saturated rings. The lowest BCUT2D eigenvalue weighted by atomic mass is 10.1. The number of anilines is 1. The van der Waals surface area contributed by atoms with Crippen LogP contribution in [0.15, 0.2) is 60.0 Å². The number of benzene rings is 2. The van der Waals surface area contributed by atoms with Gasteiger partial charge in [-0.05, 0) is 57.2 Å². The number of hydrogen-bond acceptors (Lipinski definition) is 5. The summed E-state index contributed by atoms with van der Waals surface area (Å²) in [4.78, 5) is 17.4. The number of rotatable bonds is 6. The van der Waals surface area contributed by atoms with Gasteiger partial charge in [-0.15, -0.1) is 11.3 Å². The van der Waals surface area contributed by atoms with Crippen molar-refractivity contribution in [2.24, 2.45) is 0 Å². The molecular weight excluding hydrogens is 396 g/mol. The Kier molecular flexibility index (Phi) is 5.63. The zero-order valence-corrected chi connectivity index (χ0v) is 17.9. The van der Waals surface area contributed by atoms with E-state index in [1.807, 2.05) is 80.7 Å². The lowest BCUT2D eigenvalue weighted by molar-refractivity contribution is 0.102. The van der Waals surface area contributed by atoms with Crippen LogP contribution in [-0.2, 0) is 0 Å². The number of carbonyl (C=O) groups excluding carboxylic acids is 1. The number of nitrogens with one attached hydrogen (secondary N) is 1. The second kappa shape index (κ2) is 8.51. The van der Waals surface area contributed by atoms with Gasteiger partial charge in [-0.2, -0.15) is 9.78 Å². The van der Waals surface area contributed by atoms with Crippen molar-refractivity contribution >= 4 is 23.1 Å². The third kappa shape index (κ3) is 4.26. The molecule has 0 aliphatic carbocycles. The van der Waals surface area contributed by atoms with Gasteiger partial charge in [-0.1, -0.05) is 17.7 Å². The summed E-state index contributed by atoms with van der Waals surface area (Å²) in [7, 11) is 0. The summed E-state index contributed by atoms with van der Waals surface area (Å²) in [5, 5.41) is 10.1. The smallest absolute Gasteiger partial charge is 0.256 e. The molecule has 0 radical (unpaired) electrons. The second-order valence-electron chi connectivity index (χ2n) is 6.88. The first-order chi connectivity index (χ1) is 14.5. The summed E-state index contributed by atoms with van der Waals surface area (Å²) >= 11 is 1.47. The predicted octanol–water partition coefficient (Wildman–Crippen LogP) is 5.26. The van der Waals surface area contributed by atoms with Crippen LogP contribution in [0, 0.1) is 13.8 Å². The molecule has 2 aromatic heterocycles. The van der Waals surface area contributed by atoms with Gasteiger partial charge in [0.15, 0.2) is 0 Å². The number of hydrogen-bond donors (Lipinski definition) is 1. The number of aryl methyl sites for hydroxylation is 2. The SMILES string of the molecule is CCOc1ccc(-c2csc(-n3nc(C)cc3NC(=O)c3ccc(C)cc3)n2)cc1. The van der Waals surface area contributed by atoms with Crippen LogP contribution in [0.4, 0.5) is 5.82 Å². The zero-order chi connectivity index (χ0) is 21.1. The number of thiazole rings is 1. The molecule has 0 bridgehead atoms. The minimum Gasteiger partial charge on any atom is -0.494 e. The quantitative estimate of drug-likeness (QED) is 0.463. The van der Waals surface area contributed by atoms with Gasteiger partial charge in [0.1, 0.15) is 11.6 Å². The van der Waals surface area contributed by atoms with Crippen molar-refractivity contribution in [3.8, 4) is 22.1 Å². The van der Waals surface area contributed by atoms with E-state index in [0.717, 1.165) is 28.3 Å². The standard InChI is InChI=1S/C23H22N4O2S/c1-4-29-19-11-9-17(10-12-19)20-14-30-23(24-20)27-21(13-16(3)26-27)25-22(28)18-7-5-15(2)6-8-18/h5-14H,4H2,1-3H3,(H,25,28). The Morgan fingerprint density at radius 1 is 1.10 bits per heavy atom. The van der Waals surface area contributed by atoms with Crippen LogP contribution >= 0.6 is 11.3 Å². The van der Waals surface area contributed by atoms with Crippen molar-refractivity contribution in [1.29, 1.82) is 0 Å². The minimum absolute atomic E-state index is 0.181. The Morgan fingerprint density at radius 2 is 1.83 bits per heavy atom.